The van der Waals surface area contributed by atoms with Crippen molar-refractivity contribution in [1.29, 1.82) is 0 Å². The summed E-state index contributed by atoms with van der Waals surface area (Å²) in [4.78, 5) is 22.6. The van der Waals surface area contributed by atoms with E-state index >= 15 is 0 Å². The van der Waals surface area contributed by atoms with Crippen molar-refractivity contribution in [3.05, 3.63) is 12.1 Å². The molecule has 0 heterocycles. The number of rotatable bonds is 8. The third-order valence-corrected chi connectivity index (χ3v) is 3.21. The van der Waals surface area contributed by atoms with Gasteiger partial charge in [0, 0.05) is 21.5 Å². The normalized spacial score (nSPS) is 27.8. The van der Waals surface area contributed by atoms with Crippen molar-refractivity contribution in [2.75, 3.05) is 6.56 Å². The van der Waals surface area contributed by atoms with Crippen LogP contribution in [-0.4, -0.2) is 36.4 Å². The minimum Gasteiger partial charge on any atom is -0.726 e. The SMILES string of the molecule is [2H]/C(=C/C[C@@H]1C(=O)CC[C@H]1CC(=O)O)C([2H])([2H])C([2H])([2H])OS(=O)(=O)[O-].[Na+]. The molecule has 0 saturated heterocycles. The summed E-state index contributed by atoms with van der Waals surface area (Å²) in [5.74, 6) is -2.56. The number of aliphatic carboxylic acids is 1. The zero-order chi connectivity index (χ0) is 19.6. The van der Waals surface area contributed by atoms with Gasteiger partial charge in [-0.25, -0.2) is 8.42 Å². The summed E-state index contributed by atoms with van der Waals surface area (Å²) in [6.45, 7) is -3.62. The third-order valence-electron chi connectivity index (χ3n) is 2.92. The maximum absolute atomic E-state index is 11.8. The average molecular weight is 333 g/mol. The van der Waals surface area contributed by atoms with Crippen LogP contribution < -0.4 is 29.6 Å². The van der Waals surface area contributed by atoms with E-state index in [1.165, 1.54) is 0 Å². The van der Waals surface area contributed by atoms with E-state index in [1.54, 1.807) is 0 Å². The van der Waals surface area contributed by atoms with Crippen LogP contribution in [0.1, 0.15) is 38.9 Å². The van der Waals surface area contributed by atoms with Crippen LogP contribution in [0.3, 0.4) is 0 Å². The molecule has 0 radical (unpaired) electrons. The van der Waals surface area contributed by atoms with Crippen molar-refractivity contribution in [3.8, 4) is 0 Å². The number of allylic oxidation sites excluding steroid dienone is 1. The van der Waals surface area contributed by atoms with E-state index in [4.69, 9.17) is 12.0 Å². The average Bonchev–Trinajstić information content (AvgIpc) is 2.73. The monoisotopic (exact) mass is 333 g/mol. The number of carbonyl (C=O) groups is 2. The van der Waals surface area contributed by atoms with Crippen molar-refractivity contribution < 1.29 is 68.3 Å². The van der Waals surface area contributed by atoms with Crippen LogP contribution in [0.25, 0.3) is 0 Å². The second-order valence-electron chi connectivity index (χ2n) is 4.27. The molecule has 9 heteroatoms. The summed E-state index contributed by atoms with van der Waals surface area (Å²) in [6, 6.07) is -1.02. The molecule has 0 unspecified atom stereocenters. The molecule has 1 rings (SSSR count). The van der Waals surface area contributed by atoms with Gasteiger partial charge in [0.1, 0.15) is 5.78 Å². The molecule has 0 bridgehead atoms. The number of ketones is 1. The molecule has 7 nitrogen and oxygen atoms in total. The van der Waals surface area contributed by atoms with Crippen LogP contribution in [0.15, 0.2) is 12.1 Å². The molecule has 1 saturated carbocycles. The van der Waals surface area contributed by atoms with Crippen LogP contribution in [0.5, 0.6) is 0 Å². The van der Waals surface area contributed by atoms with Crippen LogP contribution in [-0.2, 0) is 24.2 Å². The minimum atomic E-state index is -5.56. The molecule has 0 aromatic carbocycles. The number of hydrogen-bond acceptors (Lipinski definition) is 6. The Morgan fingerprint density at radius 3 is 2.86 bits per heavy atom. The molecule has 1 aliphatic carbocycles. The van der Waals surface area contributed by atoms with Gasteiger partial charge in [0.15, 0.2) is 0 Å². The number of hydrogen-bond donors (Lipinski definition) is 1. The fourth-order valence-corrected chi connectivity index (χ4v) is 2.25. The van der Waals surface area contributed by atoms with E-state index < -0.39 is 47.2 Å². The van der Waals surface area contributed by atoms with Gasteiger partial charge in [-0.15, -0.1) is 0 Å². The maximum atomic E-state index is 11.8. The quantitative estimate of drug-likeness (QED) is 0.233. The molecule has 1 aliphatic rings. The number of Topliss-reactive ketones (excluding diaryl/α,β-unsaturated/α-hetero) is 1. The Hall–Kier alpha value is -0.250. The summed E-state index contributed by atoms with van der Waals surface area (Å²) in [7, 11) is -5.56. The molecule has 2 atom stereocenters. The van der Waals surface area contributed by atoms with Crippen LogP contribution in [0.4, 0.5) is 0 Å². The molecular weight excluding hydrogens is 311 g/mol. The van der Waals surface area contributed by atoms with E-state index in [-0.39, 0.29) is 54.6 Å². The standard InChI is InChI=1S/C12H18O7S.Na/c13-11-6-5-9(8-12(14)15)10(11)4-2-1-3-7-19-20(16,17)18;/h1-2,9-10H,3-8H2,(H,14,15)(H,16,17,18);/q;+1/p-1/b2-1-;/t9-,10-;/m0./s1/i1D,3D2,7D2;. The third kappa shape index (κ3) is 8.70. The molecular formula is C12H17NaO7S. The molecule has 0 aromatic rings. The van der Waals surface area contributed by atoms with Gasteiger partial charge in [0.25, 0.3) is 0 Å². The van der Waals surface area contributed by atoms with Crippen molar-refractivity contribution in [3.63, 3.8) is 0 Å². The predicted octanol–water partition coefficient (Wildman–Crippen LogP) is -2.13. The molecule has 114 valence electrons. The molecule has 1 fully saturated rings. The first kappa shape index (κ1) is 13.2. The first-order valence-electron chi connectivity index (χ1n) is 8.25. The zero-order valence-corrected chi connectivity index (χ0v) is 14.2. The largest absolute Gasteiger partial charge is 1.00 e. The number of carboxylic acid groups (broad SMARTS) is 1. The number of carbonyl (C=O) groups excluding carboxylic acids is 1. The second-order valence-corrected chi connectivity index (χ2v) is 5.26. The first-order chi connectivity index (χ1) is 11.2. The van der Waals surface area contributed by atoms with Gasteiger partial charge in [-0.2, -0.15) is 0 Å². The predicted molar refractivity (Wildman–Crippen MR) is 67.5 cm³/mol. The number of carboxylic acids is 1. The molecule has 0 aromatic heterocycles. The molecule has 21 heavy (non-hydrogen) atoms. The second kappa shape index (κ2) is 9.70. The van der Waals surface area contributed by atoms with E-state index in [1.807, 2.05) is 0 Å². The Kier molecular flexibility index (Phi) is 6.11. The van der Waals surface area contributed by atoms with Gasteiger partial charge < -0.3 is 9.66 Å². The Labute approximate surface area is 153 Å². The van der Waals surface area contributed by atoms with Gasteiger partial charge in [-0.1, -0.05) is 12.1 Å². The molecule has 0 amide bonds. The Morgan fingerprint density at radius 2 is 2.29 bits per heavy atom. The Bertz CT molecular complexity index is 679. The zero-order valence-electron chi connectivity index (χ0n) is 16.4. The van der Waals surface area contributed by atoms with Crippen molar-refractivity contribution in [1.82, 2.24) is 0 Å². The molecule has 1 N–H and O–H groups in total. The summed E-state index contributed by atoms with van der Waals surface area (Å²) in [5, 5.41) is 8.82. The Balaban J connectivity index is 0.00000625. The Morgan fingerprint density at radius 1 is 1.62 bits per heavy atom. The minimum absolute atomic E-state index is 0. The summed E-state index contributed by atoms with van der Waals surface area (Å²) >= 11 is 0. The van der Waals surface area contributed by atoms with Gasteiger partial charge in [-0.3, -0.25) is 13.8 Å². The van der Waals surface area contributed by atoms with E-state index in [2.05, 4.69) is 4.18 Å². The van der Waals surface area contributed by atoms with Crippen molar-refractivity contribution >= 4 is 22.2 Å². The summed E-state index contributed by atoms with van der Waals surface area (Å²) < 4.78 is 72.3. The fourth-order valence-electron chi connectivity index (χ4n) is 2.11. The van der Waals surface area contributed by atoms with E-state index in [0.717, 1.165) is 6.08 Å². The van der Waals surface area contributed by atoms with Gasteiger partial charge >= 0.3 is 35.5 Å². The van der Waals surface area contributed by atoms with E-state index in [0.29, 0.717) is 6.42 Å². The molecule has 0 spiro atoms. The summed E-state index contributed by atoms with van der Waals surface area (Å²) in [5.41, 5.74) is 0. The van der Waals surface area contributed by atoms with Gasteiger partial charge in [0.05, 0.1) is 10.7 Å². The van der Waals surface area contributed by atoms with Gasteiger partial charge in [-0.05, 0) is 25.1 Å². The van der Waals surface area contributed by atoms with Gasteiger partial charge in [0.2, 0.25) is 10.4 Å². The summed E-state index contributed by atoms with van der Waals surface area (Å²) in [6.07, 6.45) is -2.36. The van der Waals surface area contributed by atoms with Crippen molar-refractivity contribution in [2.24, 2.45) is 11.8 Å². The maximum Gasteiger partial charge on any atom is 1.00 e. The fraction of sp³-hybridized carbons (Fsp3) is 0.667. The van der Waals surface area contributed by atoms with Crippen LogP contribution >= 0.6 is 0 Å². The smallest absolute Gasteiger partial charge is 0.726 e. The van der Waals surface area contributed by atoms with Crippen LogP contribution in [0.2, 0.25) is 0 Å². The van der Waals surface area contributed by atoms with Crippen molar-refractivity contribution in [2.45, 2.75) is 32.1 Å². The molecule has 0 aliphatic heterocycles. The topological polar surface area (TPSA) is 121 Å². The van der Waals surface area contributed by atoms with E-state index in [9.17, 15) is 22.6 Å². The first-order valence-corrected chi connectivity index (χ1v) is 7.09. The van der Waals surface area contributed by atoms with Crippen LogP contribution in [0, 0.1) is 11.8 Å².